The number of hydrogen-bond acceptors (Lipinski definition) is 4. The summed E-state index contributed by atoms with van der Waals surface area (Å²) in [5, 5.41) is 6.92. The van der Waals surface area contributed by atoms with Crippen molar-refractivity contribution in [2.24, 2.45) is 4.99 Å². The molecule has 1 saturated heterocycles. The van der Waals surface area contributed by atoms with Crippen LogP contribution in [0.4, 0.5) is 10.5 Å². The van der Waals surface area contributed by atoms with Crippen LogP contribution in [-0.2, 0) is 11.2 Å². The van der Waals surface area contributed by atoms with E-state index >= 15 is 0 Å². The quantitative estimate of drug-likeness (QED) is 0.566. The number of likely N-dealkylation sites (tertiary alicyclic amines) is 1. The summed E-state index contributed by atoms with van der Waals surface area (Å²) in [7, 11) is 0. The number of amides is 1. The van der Waals surface area contributed by atoms with Gasteiger partial charge in [-0.1, -0.05) is 18.2 Å². The SMILES string of the molecule is CCNC(=NCC(C)N1CCc2ccccc21)NC1CCN(C(=O)OCC)CC1. The van der Waals surface area contributed by atoms with E-state index in [2.05, 4.69) is 53.6 Å². The van der Waals surface area contributed by atoms with Gasteiger partial charge in [0.1, 0.15) is 0 Å². The van der Waals surface area contributed by atoms with Gasteiger partial charge in [-0.2, -0.15) is 0 Å². The number of benzene rings is 1. The van der Waals surface area contributed by atoms with Crippen molar-refractivity contribution in [3.63, 3.8) is 0 Å². The largest absolute Gasteiger partial charge is 0.450 e. The molecule has 7 nitrogen and oxygen atoms in total. The zero-order chi connectivity index (χ0) is 20.6. The van der Waals surface area contributed by atoms with Crippen LogP contribution < -0.4 is 15.5 Å². The van der Waals surface area contributed by atoms with E-state index in [1.807, 2.05) is 6.92 Å². The molecule has 29 heavy (non-hydrogen) atoms. The molecular formula is C22H35N5O2. The Kier molecular flexibility index (Phi) is 7.61. The number of aliphatic imine (C=N–C) groups is 1. The monoisotopic (exact) mass is 401 g/mol. The van der Waals surface area contributed by atoms with Gasteiger partial charge in [0.05, 0.1) is 13.2 Å². The van der Waals surface area contributed by atoms with Gasteiger partial charge in [-0.05, 0) is 51.7 Å². The highest BCUT2D eigenvalue weighted by molar-refractivity contribution is 5.80. The third kappa shape index (κ3) is 5.55. The van der Waals surface area contributed by atoms with E-state index in [9.17, 15) is 4.79 Å². The van der Waals surface area contributed by atoms with E-state index in [1.54, 1.807) is 4.90 Å². The molecule has 7 heteroatoms. The van der Waals surface area contributed by atoms with E-state index in [0.29, 0.717) is 18.7 Å². The number of piperidine rings is 1. The van der Waals surface area contributed by atoms with Crippen LogP contribution in [0.5, 0.6) is 0 Å². The van der Waals surface area contributed by atoms with Crippen LogP contribution in [0.1, 0.15) is 39.2 Å². The predicted octanol–water partition coefficient (Wildman–Crippen LogP) is 2.61. The number of hydrogen-bond donors (Lipinski definition) is 2. The molecule has 0 aliphatic carbocycles. The molecule has 1 atom stereocenters. The normalized spacial score (nSPS) is 18.4. The van der Waals surface area contributed by atoms with Crippen molar-refractivity contribution in [3.8, 4) is 0 Å². The lowest BCUT2D eigenvalue weighted by Gasteiger charge is -2.32. The molecule has 1 aromatic carbocycles. The van der Waals surface area contributed by atoms with E-state index in [4.69, 9.17) is 9.73 Å². The summed E-state index contributed by atoms with van der Waals surface area (Å²) in [6.45, 7) is 10.7. The molecule has 0 aromatic heterocycles. The van der Waals surface area contributed by atoms with E-state index in [0.717, 1.165) is 57.9 Å². The summed E-state index contributed by atoms with van der Waals surface area (Å²) >= 11 is 0. The zero-order valence-electron chi connectivity index (χ0n) is 18.0. The average molecular weight is 402 g/mol. The minimum absolute atomic E-state index is 0.203. The summed E-state index contributed by atoms with van der Waals surface area (Å²) in [4.78, 5) is 21.0. The molecule has 0 saturated carbocycles. The highest BCUT2D eigenvalue weighted by Gasteiger charge is 2.25. The van der Waals surface area contributed by atoms with Crippen molar-refractivity contribution in [3.05, 3.63) is 29.8 Å². The Morgan fingerprint density at radius 1 is 1.24 bits per heavy atom. The topological polar surface area (TPSA) is 69.2 Å². The van der Waals surface area contributed by atoms with Gasteiger partial charge in [-0.15, -0.1) is 0 Å². The van der Waals surface area contributed by atoms with Gasteiger partial charge in [0, 0.05) is 44.0 Å². The molecule has 2 aliphatic heterocycles. The van der Waals surface area contributed by atoms with Crippen molar-refractivity contribution in [1.82, 2.24) is 15.5 Å². The Labute approximate surface area is 174 Å². The first-order valence-electron chi connectivity index (χ1n) is 10.9. The minimum atomic E-state index is -0.203. The number of para-hydroxylation sites is 1. The summed E-state index contributed by atoms with van der Waals surface area (Å²) in [5.74, 6) is 0.862. The molecule has 0 radical (unpaired) electrons. The fourth-order valence-electron chi connectivity index (χ4n) is 4.08. The Balaban J connectivity index is 1.52. The van der Waals surface area contributed by atoms with Crippen molar-refractivity contribution in [1.29, 1.82) is 0 Å². The standard InChI is InChI=1S/C22H35N5O2/c1-4-23-21(25-19-11-13-26(14-12-19)22(28)29-5-2)24-16-17(3)27-15-10-18-8-6-7-9-20(18)27/h6-9,17,19H,4-5,10-16H2,1-3H3,(H2,23,24,25). The predicted molar refractivity (Wildman–Crippen MR) is 118 cm³/mol. The van der Waals surface area contributed by atoms with Crippen LogP contribution in [-0.4, -0.2) is 68.4 Å². The Morgan fingerprint density at radius 2 is 2.00 bits per heavy atom. The van der Waals surface area contributed by atoms with Gasteiger partial charge in [0.2, 0.25) is 0 Å². The lowest BCUT2D eigenvalue weighted by Crippen LogP contribution is -2.50. The summed E-state index contributed by atoms with van der Waals surface area (Å²) in [6.07, 6.45) is 2.71. The second kappa shape index (κ2) is 10.4. The fourth-order valence-corrected chi connectivity index (χ4v) is 4.08. The molecule has 0 bridgehead atoms. The van der Waals surface area contributed by atoms with Crippen molar-refractivity contribution in [2.75, 3.05) is 44.2 Å². The first kappa shape index (κ1) is 21.3. The summed E-state index contributed by atoms with van der Waals surface area (Å²) in [5.41, 5.74) is 2.78. The van der Waals surface area contributed by atoms with Crippen LogP contribution in [0.15, 0.2) is 29.3 Å². The number of carbonyl (C=O) groups excluding carboxylic acids is 1. The van der Waals surface area contributed by atoms with Crippen molar-refractivity contribution >= 4 is 17.7 Å². The van der Waals surface area contributed by atoms with Gasteiger partial charge < -0.3 is 25.2 Å². The first-order chi connectivity index (χ1) is 14.1. The molecule has 1 unspecified atom stereocenters. The third-order valence-electron chi connectivity index (χ3n) is 5.67. The number of ether oxygens (including phenoxy) is 1. The van der Waals surface area contributed by atoms with Crippen molar-refractivity contribution < 1.29 is 9.53 Å². The lowest BCUT2D eigenvalue weighted by molar-refractivity contribution is 0.0963. The molecule has 1 amide bonds. The molecule has 2 heterocycles. The number of rotatable bonds is 6. The number of guanidine groups is 1. The molecule has 1 fully saturated rings. The van der Waals surface area contributed by atoms with Crippen LogP contribution in [0.3, 0.4) is 0 Å². The Morgan fingerprint density at radius 3 is 2.72 bits per heavy atom. The maximum Gasteiger partial charge on any atom is 0.409 e. The summed E-state index contributed by atoms with van der Waals surface area (Å²) < 4.78 is 5.10. The Hall–Kier alpha value is -2.44. The number of nitrogens with one attached hydrogen (secondary N) is 2. The van der Waals surface area contributed by atoms with Gasteiger partial charge in [0.25, 0.3) is 0 Å². The number of anilines is 1. The average Bonchev–Trinajstić information content (AvgIpc) is 3.17. The lowest BCUT2D eigenvalue weighted by atomic mass is 10.1. The van der Waals surface area contributed by atoms with Gasteiger partial charge >= 0.3 is 6.09 Å². The maximum absolute atomic E-state index is 11.9. The van der Waals surface area contributed by atoms with E-state index < -0.39 is 0 Å². The fraction of sp³-hybridized carbons (Fsp3) is 0.636. The molecule has 2 aliphatic rings. The third-order valence-corrected chi connectivity index (χ3v) is 5.67. The first-order valence-corrected chi connectivity index (χ1v) is 10.9. The van der Waals surface area contributed by atoms with Gasteiger partial charge in [0.15, 0.2) is 5.96 Å². The molecule has 2 N–H and O–H groups in total. The molecule has 0 spiro atoms. The highest BCUT2D eigenvalue weighted by Crippen LogP contribution is 2.29. The minimum Gasteiger partial charge on any atom is -0.450 e. The van der Waals surface area contributed by atoms with Crippen LogP contribution in [0, 0.1) is 0 Å². The molecule has 1 aromatic rings. The summed E-state index contributed by atoms with van der Waals surface area (Å²) in [6, 6.07) is 9.33. The van der Waals surface area contributed by atoms with Crippen molar-refractivity contribution in [2.45, 2.75) is 52.1 Å². The number of carbonyl (C=O) groups is 1. The van der Waals surface area contributed by atoms with Gasteiger partial charge in [-0.25, -0.2) is 4.79 Å². The zero-order valence-corrected chi connectivity index (χ0v) is 18.0. The highest BCUT2D eigenvalue weighted by atomic mass is 16.6. The second-order valence-electron chi connectivity index (χ2n) is 7.75. The number of fused-ring (bicyclic) bond motifs is 1. The van der Waals surface area contributed by atoms with E-state index in [1.165, 1.54) is 11.3 Å². The van der Waals surface area contributed by atoms with Gasteiger partial charge in [-0.3, -0.25) is 4.99 Å². The molecular weight excluding hydrogens is 366 g/mol. The Bertz CT molecular complexity index is 700. The van der Waals surface area contributed by atoms with Crippen LogP contribution in [0.25, 0.3) is 0 Å². The van der Waals surface area contributed by atoms with E-state index in [-0.39, 0.29) is 6.09 Å². The number of nitrogens with zero attached hydrogens (tertiary/aromatic N) is 3. The maximum atomic E-state index is 11.9. The molecule has 3 rings (SSSR count). The van der Waals surface area contributed by atoms with Crippen LogP contribution in [0.2, 0.25) is 0 Å². The molecule has 160 valence electrons. The van der Waals surface area contributed by atoms with Crippen LogP contribution >= 0.6 is 0 Å². The smallest absolute Gasteiger partial charge is 0.409 e. The second-order valence-corrected chi connectivity index (χ2v) is 7.75.